The van der Waals surface area contributed by atoms with Crippen molar-refractivity contribution in [3.8, 4) is 34.5 Å². The van der Waals surface area contributed by atoms with Gasteiger partial charge in [-0.3, -0.25) is 4.72 Å². The Morgan fingerprint density at radius 1 is 1.05 bits per heavy atom. The van der Waals surface area contributed by atoms with Crippen LogP contribution in [-0.4, -0.2) is 50.6 Å². The van der Waals surface area contributed by atoms with Crippen LogP contribution in [0.2, 0.25) is 0 Å². The number of para-hydroxylation sites is 2. The molecule has 10 nitrogen and oxygen atoms in total. The lowest BCUT2D eigenvalue weighted by Gasteiger charge is -2.20. The number of sulfonamides is 1. The van der Waals surface area contributed by atoms with Crippen molar-refractivity contribution in [1.82, 2.24) is 9.97 Å². The lowest BCUT2D eigenvalue weighted by Crippen LogP contribution is -2.25. The zero-order chi connectivity index (χ0) is 30.8. The van der Waals surface area contributed by atoms with E-state index in [-0.39, 0.29) is 46.3 Å². The minimum atomic E-state index is -4.10. The van der Waals surface area contributed by atoms with E-state index in [1.807, 2.05) is 30.7 Å². The molecule has 43 heavy (non-hydrogen) atoms. The molecule has 0 spiro atoms. The Kier molecular flexibility index (Phi) is 8.66. The van der Waals surface area contributed by atoms with E-state index in [0.29, 0.717) is 23.7 Å². The van der Waals surface area contributed by atoms with Gasteiger partial charge in [0.05, 0.1) is 18.6 Å². The summed E-state index contributed by atoms with van der Waals surface area (Å²) in [5.41, 5.74) is 1.56. The van der Waals surface area contributed by atoms with Crippen LogP contribution in [0.25, 0.3) is 11.4 Å². The number of hydrogen-bond acceptors (Lipinski definition) is 10. The van der Waals surface area contributed by atoms with Gasteiger partial charge in [-0.2, -0.15) is 16.3 Å². The van der Waals surface area contributed by atoms with Crippen LogP contribution in [0.1, 0.15) is 40.2 Å². The van der Waals surface area contributed by atoms with Crippen LogP contribution in [0.15, 0.2) is 70.3 Å². The van der Waals surface area contributed by atoms with Crippen LogP contribution < -0.4 is 18.9 Å². The van der Waals surface area contributed by atoms with E-state index in [0.717, 1.165) is 5.56 Å². The zero-order valence-electron chi connectivity index (χ0n) is 24.9. The maximum absolute atomic E-state index is 13.7. The molecule has 0 bridgehead atoms. The van der Waals surface area contributed by atoms with E-state index in [4.69, 9.17) is 23.7 Å². The maximum atomic E-state index is 13.7. The van der Waals surface area contributed by atoms with Gasteiger partial charge in [-0.1, -0.05) is 45.0 Å². The predicted octanol–water partition coefficient (Wildman–Crippen LogP) is 6.63. The van der Waals surface area contributed by atoms with Gasteiger partial charge < -0.3 is 23.7 Å². The predicted molar refractivity (Wildman–Crippen MR) is 165 cm³/mol. The normalized spacial score (nSPS) is 16.6. The summed E-state index contributed by atoms with van der Waals surface area (Å²) < 4.78 is 59.5. The SMILES string of the molecule is COc1ccccc1Oc1c(NS(=O)(=O)c2ccc(C(C)(C)C)cc2)nc(-c2ccsc2)nc1OC[C@@H]1COC(C)(C)O1. The topological polar surface area (TPSA) is 118 Å². The summed E-state index contributed by atoms with van der Waals surface area (Å²) in [6.07, 6.45) is -0.379. The second-order valence-electron chi connectivity index (χ2n) is 11.4. The third-order valence-electron chi connectivity index (χ3n) is 6.63. The molecule has 2 aromatic heterocycles. The quantitative estimate of drug-likeness (QED) is 0.207. The lowest BCUT2D eigenvalue weighted by atomic mass is 9.87. The Morgan fingerprint density at radius 2 is 1.77 bits per heavy atom. The molecule has 1 atom stereocenters. The monoisotopic (exact) mass is 625 g/mol. The number of methoxy groups -OCH3 is 1. The first-order valence-corrected chi connectivity index (χ1v) is 16.1. The molecule has 4 aromatic rings. The molecular weight excluding hydrogens is 590 g/mol. The largest absolute Gasteiger partial charge is 0.493 e. The first kappa shape index (κ1) is 30.7. The van der Waals surface area contributed by atoms with Gasteiger partial charge in [0, 0.05) is 10.9 Å². The molecule has 5 rings (SSSR count). The van der Waals surface area contributed by atoms with Crippen LogP contribution in [0.4, 0.5) is 5.82 Å². The van der Waals surface area contributed by atoms with E-state index >= 15 is 0 Å². The molecule has 1 aliphatic heterocycles. The minimum absolute atomic E-state index is 0.0243. The van der Waals surface area contributed by atoms with E-state index in [1.54, 1.807) is 48.5 Å². The highest BCUT2D eigenvalue weighted by molar-refractivity contribution is 7.92. The highest BCUT2D eigenvalue weighted by Crippen LogP contribution is 2.42. The molecule has 0 saturated carbocycles. The number of nitrogens with zero attached hydrogens (tertiary/aromatic N) is 2. The van der Waals surface area contributed by atoms with Crippen LogP contribution in [0, 0.1) is 0 Å². The second kappa shape index (κ2) is 12.1. The lowest BCUT2D eigenvalue weighted by molar-refractivity contribution is -0.141. The molecule has 0 unspecified atom stereocenters. The first-order valence-electron chi connectivity index (χ1n) is 13.7. The molecule has 0 aliphatic carbocycles. The summed E-state index contributed by atoms with van der Waals surface area (Å²) in [6.45, 7) is 10.2. The average molecular weight is 626 g/mol. The molecule has 0 amide bonds. The number of benzene rings is 2. The summed E-state index contributed by atoms with van der Waals surface area (Å²) in [4.78, 5) is 9.31. The Bertz CT molecular complexity index is 1670. The summed E-state index contributed by atoms with van der Waals surface area (Å²) >= 11 is 1.46. The highest BCUT2D eigenvalue weighted by atomic mass is 32.2. The van der Waals surface area contributed by atoms with E-state index in [9.17, 15) is 8.42 Å². The standard InChI is InChI=1S/C31H35N3O7S2/c1-30(2,3)21-11-13-23(14-12-21)43(35,36)34-28-26(40-25-10-8-7-9-24(25)37-6)29(33-27(32-28)20-15-16-42-19-20)38-17-22-18-39-31(4,5)41-22/h7-16,19,22H,17-18H2,1-6H3,(H,32,33,34)/t22-/m1/s1. The van der Waals surface area contributed by atoms with Crippen molar-refractivity contribution in [2.75, 3.05) is 25.0 Å². The number of aromatic nitrogens is 2. The third kappa shape index (κ3) is 7.27. The second-order valence-corrected chi connectivity index (χ2v) is 13.9. The molecule has 3 heterocycles. The Morgan fingerprint density at radius 3 is 2.37 bits per heavy atom. The number of thiophene rings is 1. The number of anilines is 1. The van der Waals surface area contributed by atoms with Crippen LogP contribution in [-0.2, 0) is 24.9 Å². The molecule has 2 aromatic carbocycles. The summed E-state index contributed by atoms with van der Waals surface area (Å²) in [6, 6.07) is 15.6. The summed E-state index contributed by atoms with van der Waals surface area (Å²) in [7, 11) is -2.59. The third-order valence-corrected chi connectivity index (χ3v) is 8.67. The fourth-order valence-electron chi connectivity index (χ4n) is 4.36. The summed E-state index contributed by atoms with van der Waals surface area (Å²) in [5, 5.41) is 3.74. The van der Waals surface area contributed by atoms with Gasteiger partial charge in [0.2, 0.25) is 5.75 Å². The van der Waals surface area contributed by atoms with Crippen molar-refractivity contribution >= 4 is 27.2 Å². The van der Waals surface area contributed by atoms with Crippen molar-refractivity contribution in [2.24, 2.45) is 0 Å². The van der Waals surface area contributed by atoms with Crippen molar-refractivity contribution in [1.29, 1.82) is 0 Å². The van der Waals surface area contributed by atoms with E-state index in [1.165, 1.54) is 18.4 Å². The van der Waals surface area contributed by atoms with Gasteiger partial charge in [0.1, 0.15) is 12.7 Å². The molecule has 12 heteroatoms. The summed E-state index contributed by atoms with van der Waals surface area (Å²) in [5.74, 6) is 0.151. The molecule has 1 aliphatic rings. The molecular formula is C31H35N3O7S2. The minimum Gasteiger partial charge on any atom is -0.493 e. The van der Waals surface area contributed by atoms with Gasteiger partial charge in [-0.25, -0.2) is 13.4 Å². The average Bonchev–Trinajstić information content (AvgIpc) is 3.62. The number of rotatable bonds is 10. The van der Waals surface area contributed by atoms with Crippen molar-refractivity contribution < 1.29 is 32.1 Å². The van der Waals surface area contributed by atoms with Crippen molar-refractivity contribution in [2.45, 2.75) is 56.8 Å². The van der Waals surface area contributed by atoms with Crippen LogP contribution in [0.3, 0.4) is 0 Å². The molecule has 1 fully saturated rings. The fraction of sp³-hybridized carbons (Fsp3) is 0.355. The van der Waals surface area contributed by atoms with Crippen LogP contribution in [0.5, 0.6) is 23.1 Å². The van der Waals surface area contributed by atoms with Gasteiger partial charge in [0.25, 0.3) is 15.9 Å². The van der Waals surface area contributed by atoms with Gasteiger partial charge >= 0.3 is 0 Å². The van der Waals surface area contributed by atoms with Gasteiger partial charge in [-0.15, -0.1) is 0 Å². The highest BCUT2D eigenvalue weighted by Gasteiger charge is 2.34. The maximum Gasteiger partial charge on any atom is 0.263 e. The van der Waals surface area contributed by atoms with Crippen molar-refractivity contribution in [3.63, 3.8) is 0 Å². The number of hydrogen-bond donors (Lipinski definition) is 1. The van der Waals surface area contributed by atoms with E-state index in [2.05, 4.69) is 35.5 Å². The smallest absolute Gasteiger partial charge is 0.263 e. The Hall–Kier alpha value is -3.71. The zero-order valence-corrected chi connectivity index (χ0v) is 26.5. The van der Waals surface area contributed by atoms with Crippen LogP contribution >= 0.6 is 11.3 Å². The molecule has 228 valence electrons. The molecule has 0 radical (unpaired) electrons. The number of nitrogens with one attached hydrogen (secondary N) is 1. The molecule has 1 saturated heterocycles. The Labute approximate surface area is 256 Å². The van der Waals surface area contributed by atoms with E-state index < -0.39 is 15.8 Å². The number of ether oxygens (including phenoxy) is 5. The fourth-order valence-corrected chi connectivity index (χ4v) is 6.00. The molecule has 1 N–H and O–H groups in total. The van der Waals surface area contributed by atoms with Crippen molar-refractivity contribution in [3.05, 3.63) is 70.9 Å². The van der Waals surface area contributed by atoms with Gasteiger partial charge in [0.15, 0.2) is 28.9 Å². The van der Waals surface area contributed by atoms with Gasteiger partial charge in [-0.05, 0) is 60.5 Å². The Balaban J connectivity index is 1.59. The first-order chi connectivity index (χ1) is 20.3.